The molecule has 3 aromatic rings. The number of hydrogen-bond donors (Lipinski definition) is 3. The Labute approximate surface area is 182 Å². The van der Waals surface area contributed by atoms with Crippen LogP contribution in [0.2, 0.25) is 0 Å². The van der Waals surface area contributed by atoms with Gasteiger partial charge in [-0.1, -0.05) is 0 Å². The van der Waals surface area contributed by atoms with Gasteiger partial charge in [-0.15, -0.1) is 0 Å². The van der Waals surface area contributed by atoms with Crippen molar-refractivity contribution in [3.05, 3.63) is 60.4 Å². The number of benzene rings is 2. The van der Waals surface area contributed by atoms with Crippen LogP contribution in [0.4, 0.5) is 33.5 Å². The normalized spacial score (nSPS) is 10.3. The Kier molecular flexibility index (Phi) is 7.26. The van der Waals surface area contributed by atoms with Crippen LogP contribution in [0.25, 0.3) is 0 Å². The molecule has 2 aromatic carbocycles. The molecule has 0 saturated carbocycles. The van der Waals surface area contributed by atoms with E-state index >= 15 is 0 Å². The Balaban J connectivity index is 1.61. The van der Waals surface area contributed by atoms with Crippen molar-refractivity contribution in [2.24, 2.45) is 0 Å². The predicted octanol–water partition coefficient (Wildman–Crippen LogP) is 5.03. The van der Waals surface area contributed by atoms with Gasteiger partial charge >= 0.3 is 6.03 Å². The van der Waals surface area contributed by atoms with Crippen molar-refractivity contribution in [2.45, 2.75) is 20.8 Å². The highest BCUT2D eigenvalue weighted by atomic mass is 16.5. The number of aromatic nitrogens is 2. The molecule has 3 N–H and O–H groups in total. The molecule has 0 unspecified atom stereocenters. The van der Waals surface area contributed by atoms with Gasteiger partial charge in [0.1, 0.15) is 23.2 Å². The summed E-state index contributed by atoms with van der Waals surface area (Å²) in [4.78, 5) is 23.4. The predicted molar refractivity (Wildman–Crippen MR) is 126 cm³/mol. The quantitative estimate of drug-likeness (QED) is 0.474. The van der Waals surface area contributed by atoms with Crippen molar-refractivity contribution in [3.63, 3.8) is 0 Å². The molecular formula is C23H28N6O2. The number of aryl methyl sites for hydroxylation is 1. The maximum Gasteiger partial charge on any atom is 0.323 e. The van der Waals surface area contributed by atoms with E-state index in [4.69, 9.17) is 4.74 Å². The van der Waals surface area contributed by atoms with E-state index in [1.54, 1.807) is 31.4 Å². The number of methoxy groups -OCH3 is 1. The molecule has 0 aliphatic rings. The molecule has 8 heteroatoms. The zero-order valence-corrected chi connectivity index (χ0v) is 18.3. The fourth-order valence-electron chi connectivity index (χ4n) is 3.08. The van der Waals surface area contributed by atoms with E-state index in [2.05, 4.69) is 44.7 Å². The highest BCUT2D eigenvalue weighted by Gasteiger charge is 2.08. The number of urea groups is 1. The van der Waals surface area contributed by atoms with Crippen LogP contribution < -0.4 is 25.6 Å². The summed E-state index contributed by atoms with van der Waals surface area (Å²) in [5.74, 6) is 3.07. The molecule has 1 heterocycles. The molecule has 0 spiro atoms. The highest BCUT2D eigenvalue weighted by molar-refractivity contribution is 5.99. The van der Waals surface area contributed by atoms with E-state index in [-0.39, 0.29) is 6.03 Å². The number of nitrogens with zero attached hydrogens (tertiary/aromatic N) is 3. The van der Waals surface area contributed by atoms with Gasteiger partial charge in [0, 0.05) is 36.2 Å². The van der Waals surface area contributed by atoms with Gasteiger partial charge in [-0.3, -0.25) is 0 Å². The number of nitrogens with one attached hydrogen (secondary N) is 3. The molecule has 0 atom stereocenters. The lowest BCUT2D eigenvalue weighted by molar-refractivity contribution is 0.262. The van der Waals surface area contributed by atoms with Crippen molar-refractivity contribution in [1.82, 2.24) is 9.97 Å². The van der Waals surface area contributed by atoms with Gasteiger partial charge in [-0.2, -0.15) is 0 Å². The summed E-state index contributed by atoms with van der Waals surface area (Å²) in [6.07, 6.45) is 0. The second-order valence-corrected chi connectivity index (χ2v) is 6.84. The minimum absolute atomic E-state index is 0.318. The Bertz CT molecular complexity index is 1000. The van der Waals surface area contributed by atoms with Gasteiger partial charge < -0.3 is 25.6 Å². The number of hydrogen-bond acceptors (Lipinski definition) is 6. The van der Waals surface area contributed by atoms with E-state index in [9.17, 15) is 4.79 Å². The first-order valence-electron chi connectivity index (χ1n) is 10.2. The third-order valence-corrected chi connectivity index (χ3v) is 4.67. The lowest BCUT2D eigenvalue weighted by Crippen LogP contribution is -2.23. The molecule has 162 valence electrons. The molecular weight excluding hydrogens is 392 g/mol. The number of carbonyl (C=O) groups excluding carboxylic acids is 1. The zero-order valence-electron chi connectivity index (χ0n) is 18.3. The van der Waals surface area contributed by atoms with Gasteiger partial charge in [0.25, 0.3) is 0 Å². The van der Waals surface area contributed by atoms with E-state index in [1.807, 2.05) is 37.3 Å². The average Bonchev–Trinajstić information content (AvgIpc) is 2.76. The molecule has 8 nitrogen and oxygen atoms in total. The fraction of sp³-hybridized carbons (Fsp3) is 0.261. The lowest BCUT2D eigenvalue weighted by Gasteiger charge is -2.20. The van der Waals surface area contributed by atoms with Crippen molar-refractivity contribution >= 4 is 34.7 Å². The van der Waals surface area contributed by atoms with E-state index in [0.29, 0.717) is 17.2 Å². The Morgan fingerprint density at radius 2 is 1.45 bits per heavy atom. The molecule has 1 aromatic heterocycles. The monoisotopic (exact) mass is 420 g/mol. The molecule has 31 heavy (non-hydrogen) atoms. The molecule has 2 amide bonds. The summed E-state index contributed by atoms with van der Waals surface area (Å²) in [6, 6.07) is 16.2. The SMILES string of the molecule is CCN(CC)c1cc(Nc2ccc(NC(=O)Nc3ccc(OC)cc3)cc2)nc(C)n1. The molecule has 0 radical (unpaired) electrons. The van der Waals surface area contributed by atoms with Crippen LogP contribution in [0.5, 0.6) is 5.75 Å². The molecule has 0 aliphatic heterocycles. The minimum atomic E-state index is -0.318. The second kappa shape index (κ2) is 10.3. The van der Waals surface area contributed by atoms with Gasteiger partial charge in [0.15, 0.2) is 0 Å². The molecule has 3 rings (SSSR count). The largest absolute Gasteiger partial charge is 0.497 e. The fourth-order valence-corrected chi connectivity index (χ4v) is 3.08. The molecule has 0 fully saturated rings. The first kappa shape index (κ1) is 21.9. The number of amides is 2. The van der Waals surface area contributed by atoms with E-state index < -0.39 is 0 Å². The summed E-state index contributed by atoms with van der Waals surface area (Å²) in [6.45, 7) is 7.85. The summed E-state index contributed by atoms with van der Waals surface area (Å²) in [7, 11) is 1.60. The van der Waals surface area contributed by atoms with Gasteiger partial charge in [0.05, 0.1) is 7.11 Å². The first-order chi connectivity index (χ1) is 15.0. The van der Waals surface area contributed by atoms with Crippen LogP contribution in [-0.2, 0) is 0 Å². The number of rotatable bonds is 8. The highest BCUT2D eigenvalue weighted by Crippen LogP contribution is 2.21. The number of carbonyl (C=O) groups is 1. The lowest BCUT2D eigenvalue weighted by atomic mass is 10.2. The van der Waals surface area contributed by atoms with Crippen molar-refractivity contribution in [2.75, 3.05) is 41.0 Å². The minimum Gasteiger partial charge on any atom is -0.497 e. The van der Waals surface area contributed by atoms with Crippen LogP contribution in [0, 0.1) is 6.92 Å². The summed E-state index contributed by atoms with van der Waals surface area (Å²) in [5, 5.41) is 8.91. The molecule has 0 saturated heterocycles. The Hall–Kier alpha value is -3.81. The van der Waals surface area contributed by atoms with Gasteiger partial charge in [-0.05, 0) is 69.3 Å². The summed E-state index contributed by atoms with van der Waals surface area (Å²) in [5.41, 5.74) is 2.23. The third kappa shape index (κ3) is 6.08. The average molecular weight is 421 g/mol. The van der Waals surface area contributed by atoms with Gasteiger partial charge in [-0.25, -0.2) is 14.8 Å². The van der Waals surface area contributed by atoms with Crippen LogP contribution in [-0.4, -0.2) is 36.2 Å². The third-order valence-electron chi connectivity index (χ3n) is 4.67. The smallest absolute Gasteiger partial charge is 0.323 e. The maximum absolute atomic E-state index is 12.2. The summed E-state index contributed by atoms with van der Waals surface area (Å²) >= 11 is 0. The Morgan fingerprint density at radius 1 is 0.903 bits per heavy atom. The van der Waals surface area contributed by atoms with Crippen molar-refractivity contribution in [1.29, 1.82) is 0 Å². The van der Waals surface area contributed by atoms with E-state index in [0.717, 1.165) is 36.2 Å². The van der Waals surface area contributed by atoms with Crippen molar-refractivity contribution in [3.8, 4) is 5.75 Å². The first-order valence-corrected chi connectivity index (χ1v) is 10.2. The Morgan fingerprint density at radius 3 is 2.00 bits per heavy atom. The maximum atomic E-state index is 12.2. The number of anilines is 5. The topological polar surface area (TPSA) is 91.4 Å². The zero-order chi connectivity index (χ0) is 22.2. The summed E-state index contributed by atoms with van der Waals surface area (Å²) < 4.78 is 5.12. The molecule has 0 aliphatic carbocycles. The van der Waals surface area contributed by atoms with Gasteiger partial charge in [0.2, 0.25) is 0 Å². The van der Waals surface area contributed by atoms with Crippen LogP contribution in [0.1, 0.15) is 19.7 Å². The number of ether oxygens (including phenoxy) is 1. The van der Waals surface area contributed by atoms with Crippen LogP contribution in [0.3, 0.4) is 0 Å². The van der Waals surface area contributed by atoms with Crippen molar-refractivity contribution < 1.29 is 9.53 Å². The van der Waals surface area contributed by atoms with Crippen LogP contribution >= 0.6 is 0 Å². The van der Waals surface area contributed by atoms with E-state index in [1.165, 1.54) is 0 Å². The van der Waals surface area contributed by atoms with Crippen LogP contribution in [0.15, 0.2) is 54.6 Å². The molecule has 0 bridgehead atoms. The standard InChI is InChI=1S/C23H28N6O2/c1-5-29(6-2)22-15-21(24-16(3)25-22)26-17-7-9-18(10-8-17)27-23(30)28-19-11-13-20(31-4)14-12-19/h7-15H,5-6H2,1-4H3,(H,24,25,26)(H2,27,28,30). The second-order valence-electron chi connectivity index (χ2n) is 6.84.